The zero-order valence-corrected chi connectivity index (χ0v) is 11.7. The highest BCUT2D eigenvalue weighted by molar-refractivity contribution is 9.09. The second-order valence-corrected chi connectivity index (χ2v) is 5.40. The maximum atomic E-state index is 5.46. The van der Waals surface area contributed by atoms with E-state index < -0.39 is 0 Å². The minimum Gasteiger partial charge on any atom is -0.486 e. The molecule has 18 heavy (non-hydrogen) atoms. The molecule has 0 aliphatic carbocycles. The van der Waals surface area contributed by atoms with Crippen molar-refractivity contribution in [2.45, 2.75) is 10.9 Å². The van der Waals surface area contributed by atoms with E-state index in [2.05, 4.69) is 51.2 Å². The molecule has 0 radical (unpaired) electrons. The summed E-state index contributed by atoms with van der Waals surface area (Å²) < 4.78 is 10.9. The predicted molar refractivity (Wildman–Crippen MR) is 75.2 cm³/mol. The molecule has 0 amide bonds. The van der Waals surface area contributed by atoms with Gasteiger partial charge in [0.2, 0.25) is 0 Å². The zero-order chi connectivity index (χ0) is 12.4. The minimum atomic E-state index is 0.0414. The first-order valence-corrected chi connectivity index (χ1v) is 7.15. The lowest BCUT2D eigenvalue weighted by molar-refractivity contribution is 0.122. The molecule has 2 aliphatic heterocycles. The quantitative estimate of drug-likeness (QED) is 0.784. The summed E-state index contributed by atoms with van der Waals surface area (Å²) in [5.41, 5.74) is 2.61. The minimum absolute atomic E-state index is 0.0414. The predicted octanol–water partition coefficient (Wildman–Crippen LogP) is 2.87. The van der Waals surface area contributed by atoms with Gasteiger partial charge in [0.15, 0.2) is 5.01 Å². The second-order valence-electron chi connectivity index (χ2n) is 4.50. The van der Waals surface area contributed by atoms with Crippen LogP contribution in [0.1, 0.15) is 11.5 Å². The molecular formula is C14H16BrNO2. The number of benzene rings is 1. The molecule has 0 spiro atoms. The smallest absolute Gasteiger partial charge is 0.162 e. The molecule has 2 atom stereocenters. The molecule has 1 fully saturated rings. The molecule has 96 valence electrons. The summed E-state index contributed by atoms with van der Waals surface area (Å²) in [6, 6.07) is 8.55. The van der Waals surface area contributed by atoms with Crippen LogP contribution in [0.5, 0.6) is 0 Å². The summed E-state index contributed by atoms with van der Waals surface area (Å²) in [7, 11) is 0. The van der Waals surface area contributed by atoms with Crippen LogP contribution in [-0.4, -0.2) is 31.3 Å². The van der Waals surface area contributed by atoms with E-state index >= 15 is 0 Å². The zero-order valence-electron chi connectivity index (χ0n) is 10.1. The molecule has 1 saturated heterocycles. The van der Waals surface area contributed by atoms with Crippen molar-refractivity contribution < 1.29 is 9.47 Å². The van der Waals surface area contributed by atoms with Crippen molar-refractivity contribution in [3.8, 4) is 0 Å². The van der Waals surface area contributed by atoms with Crippen LogP contribution in [0.3, 0.4) is 0 Å². The fraction of sp³-hybridized carbons (Fsp3) is 0.429. The standard InChI is InChI=1S/C14H16BrNO2/c15-14-12(5-8-18-14)11-3-1-2-4-13(11)16-6-9-17-10-7-16/h1-5,8,12,14H,6-7,9-10H2. The van der Waals surface area contributed by atoms with E-state index in [1.165, 1.54) is 11.3 Å². The van der Waals surface area contributed by atoms with Gasteiger partial charge >= 0.3 is 0 Å². The Kier molecular flexibility index (Phi) is 3.57. The van der Waals surface area contributed by atoms with Crippen molar-refractivity contribution in [3.63, 3.8) is 0 Å². The molecule has 1 aromatic rings. The molecule has 2 heterocycles. The van der Waals surface area contributed by atoms with Gasteiger partial charge in [0.25, 0.3) is 0 Å². The van der Waals surface area contributed by atoms with Crippen molar-refractivity contribution in [1.29, 1.82) is 0 Å². The molecule has 0 aromatic heterocycles. The Balaban J connectivity index is 1.91. The van der Waals surface area contributed by atoms with Gasteiger partial charge < -0.3 is 14.4 Å². The monoisotopic (exact) mass is 309 g/mol. The number of anilines is 1. The Morgan fingerprint density at radius 1 is 1.17 bits per heavy atom. The first kappa shape index (κ1) is 12.1. The number of hydrogen-bond donors (Lipinski definition) is 0. The molecule has 0 saturated carbocycles. The topological polar surface area (TPSA) is 21.7 Å². The summed E-state index contributed by atoms with van der Waals surface area (Å²) in [5, 5.41) is 0.0414. The van der Waals surface area contributed by atoms with Crippen LogP contribution in [0.25, 0.3) is 0 Å². The first-order chi connectivity index (χ1) is 8.86. The highest BCUT2D eigenvalue weighted by atomic mass is 79.9. The number of alkyl halides is 1. The van der Waals surface area contributed by atoms with Gasteiger partial charge in [0, 0.05) is 18.8 Å². The van der Waals surface area contributed by atoms with Crippen molar-refractivity contribution >= 4 is 21.6 Å². The second kappa shape index (κ2) is 5.33. The Hall–Kier alpha value is -1.00. The van der Waals surface area contributed by atoms with Crippen LogP contribution >= 0.6 is 15.9 Å². The molecule has 0 bridgehead atoms. The van der Waals surface area contributed by atoms with E-state index in [0.717, 1.165) is 26.3 Å². The Bertz CT molecular complexity index is 443. The van der Waals surface area contributed by atoms with Gasteiger partial charge in [-0.3, -0.25) is 0 Å². The largest absolute Gasteiger partial charge is 0.486 e. The summed E-state index contributed by atoms with van der Waals surface area (Å²) in [5.74, 6) is 0.282. The highest BCUT2D eigenvalue weighted by Crippen LogP contribution is 2.37. The maximum Gasteiger partial charge on any atom is 0.162 e. The van der Waals surface area contributed by atoms with Crippen LogP contribution < -0.4 is 4.90 Å². The number of ether oxygens (including phenoxy) is 2. The lowest BCUT2D eigenvalue weighted by atomic mass is 9.98. The van der Waals surface area contributed by atoms with Crippen molar-refractivity contribution in [2.24, 2.45) is 0 Å². The van der Waals surface area contributed by atoms with Crippen LogP contribution in [0.2, 0.25) is 0 Å². The third kappa shape index (κ3) is 2.27. The first-order valence-electron chi connectivity index (χ1n) is 6.24. The van der Waals surface area contributed by atoms with Crippen LogP contribution in [0, 0.1) is 0 Å². The van der Waals surface area contributed by atoms with Gasteiger partial charge in [-0.25, -0.2) is 0 Å². The van der Waals surface area contributed by atoms with Gasteiger partial charge in [-0.15, -0.1) is 0 Å². The van der Waals surface area contributed by atoms with Gasteiger partial charge in [-0.1, -0.05) is 18.2 Å². The summed E-state index contributed by atoms with van der Waals surface area (Å²) in [6.07, 6.45) is 3.89. The van der Waals surface area contributed by atoms with E-state index in [1.807, 2.05) is 0 Å². The summed E-state index contributed by atoms with van der Waals surface area (Å²) in [4.78, 5) is 2.39. The number of halogens is 1. The van der Waals surface area contributed by atoms with Gasteiger partial charge in [0.05, 0.1) is 25.4 Å². The van der Waals surface area contributed by atoms with Gasteiger partial charge in [-0.05, 0) is 33.6 Å². The fourth-order valence-electron chi connectivity index (χ4n) is 2.48. The van der Waals surface area contributed by atoms with Crippen LogP contribution in [0.15, 0.2) is 36.6 Å². The fourth-order valence-corrected chi connectivity index (χ4v) is 3.07. The third-order valence-electron chi connectivity index (χ3n) is 3.42. The third-order valence-corrected chi connectivity index (χ3v) is 4.21. The van der Waals surface area contributed by atoms with Crippen LogP contribution in [-0.2, 0) is 9.47 Å². The van der Waals surface area contributed by atoms with Gasteiger partial charge in [0.1, 0.15) is 0 Å². The van der Waals surface area contributed by atoms with E-state index in [9.17, 15) is 0 Å². The highest BCUT2D eigenvalue weighted by Gasteiger charge is 2.27. The molecule has 1 aromatic carbocycles. The molecule has 0 N–H and O–H groups in total. The number of nitrogens with zero attached hydrogens (tertiary/aromatic N) is 1. The van der Waals surface area contributed by atoms with E-state index in [4.69, 9.17) is 9.47 Å². The Morgan fingerprint density at radius 3 is 2.67 bits per heavy atom. The molecule has 3 rings (SSSR count). The number of hydrogen-bond acceptors (Lipinski definition) is 3. The molecular weight excluding hydrogens is 294 g/mol. The number of rotatable bonds is 2. The average Bonchev–Trinajstić information content (AvgIpc) is 2.86. The normalized spacial score (nSPS) is 27.3. The SMILES string of the molecule is BrC1OC=CC1c1ccccc1N1CCOCC1. The van der Waals surface area contributed by atoms with Crippen molar-refractivity contribution in [1.82, 2.24) is 0 Å². The Morgan fingerprint density at radius 2 is 1.94 bits per heavy atom. The Labute approximate surface area is 116 Å². The van der Waals surface area contributed by atoms with Crippen LogP contribution in [0.4, 0.5) is 5.69 Å². The number of para-hydroxylation sites is 1. The number of morpholine rings is 1. The summed E-state index contributed by atoms with van der Waals surface area (Å²) in [6.45, 7) is 3.54. The lowest BCUT2D eigenvalue weighted by Crippen LogP contribution is -2.37. The van der Waals surface area contributed by atoms with Crippen molar-refractivity contribution in [3.05, 3.63) is 42.2 Å². The van der Waals surface area contributed by atoms with Crippen molar-refractivity contribution in [2.75, 3.05) is 31.2 Å². The maximum absolute atomic E-state index is 5.46. The van der Waals surface area contributed by atoms with E-state index in [0.29, 0.717) is 0 Å². The summed E-state index contributed by atoms with van der Waals surface area (Å²) >= 11 is 3.57. The van der Waals surface area contributed by atoms with Gasteiger partial charge in [-0.2, -0.15) is 0 Å². The molecule has 2 unspecified atom stereocenters. The molecule has 3 nitrogen and oxygen atoms in total. The molecule has 4 heteroatoms. The van der Waals surface area contributed by atoms with E-state index in [-0.39, 0.29) is 10.9 Å². The van der Waals surface area contributed by atoms with E-state index in [1.54, 1.807) is 6.26 Å². The lowest BCUT2D eigenvalue weighted by Gasteiger charge is -2.31. The average molecular weight is 310 g/mol. The molecule has 2 aliphatic rings.